The van der Waals surface area contributed by atoms with Gasteiger partial charge in [0, 0.05) is 68.5 Å². The Morgan fingerprint density at radius 2 is 0.682 bits per heavy atom. The number of nitrogens with zero attached hydrogens (tertiary/aromatic N) is 8. The SMILES string of the molecule is CC(C)(C)[Si](C)(C)OC(CF)COc1ccc2nc(-c3ccc(F)nc3)ccc2c1.CC(C)(C)[Si](C)(C)OC(CF)COc1ccc2nc(Cl)ccc2c1.OB(O)c1ccc(F)nc1.OC(CF)COc1ccc2nc(-c3ccc(F)nc3)ccc2c1.OC(CF)COc1ccc2nc(-c3ccc(F)nc3)ccc2c1. The first-order valence-corrected chi connectivity index (χ1v) is 41.0. The van der Waals surface area contributed by atoms with Gasteiger partial charge in [-0.25, -0.2) is 57.4 Å². The Balaban J connectivity index is 0.000000178. The molecule has 0 bridgehead atoms. The van der Waals surface area contributed by atoms with Gasteiger partial charge in [-0.15, -0.1) is 0 Å². The Morgan fingerprint density at radius 3 is 0.955 bits per heavy atom. The van der Waals surface area contributed by atoms with Gasteiger partial charge in [-0.1, -0.05) is 77.4 Å². The van der Waals surface area contributed by atoms with Crippen LogP contribution in [0.25, 0.3) is 77.4 Å². The Hall–Kier alpha value is -9.69. The zero-order valence-corrected chi connectivity index (χ0v) is 65.0. The lowest BCUT2D eigenvalue weighted by Crippen LogP contribution is -2.46. The van der Waals surface area contributed by atoms with Gasteiger partial charge >= 0.3 is 7.12 Å². The average Bonchev–Trinajstić information content (AvgIpc) is 0.831. The highest BCUT2D eigenvalue weighted by molar-refractivity contribution is 6.74. The number of pyridine rings is 8. The smallest absolute Gasteiger partial charge is 0.490 e. The summed E-state index contributed by atoms with van der Waals surface area (Å²) in [6.07, 6.45) is 1.99. The molecule has 0 fully saturated rings. The van der Waals surface area contributed by atoms with E-state index in [2.05, 4.69) is 108 Å². The monoisotopic (exact) mass is 1570 g/mol. The summed E-state index contributed by atoms with van der Waals surface area (Å²) in [6, 6.07) is 47.3. The van der Waals surface area contributed by atoms with Gasteiger partial charge in [-0.05, 0) is 182 Å². The molecule has 12 rings (SSSR count). The Labute approximate surface area is 639 Å². The fourth-order valence-electron chi connectivity index (χ4n) is 9.61. The van der Waals surface area contributed by atoms with Crippen LogP contribution in [0.4, 0.5) is 35.1 Å². The molecule has 0 amide bonds. The number of fused-ring (bicyclic) bond motifs is 4. The van der Waals surface area contributed by atoms with Crippen molar-refractivity contribution >= 4 is 84.4 Å². The predicted octanol–water partition coefficient (Wildman–Crippen LogP) is 17.0. The third-order valence-corrected chi connectivity index (χ3v) is 27.0. The second-order valence-electron chi connectivity index (χ2n) is 28.2. The molecule has 8 aromatic heterocycles. The molecule has 4 aromatic carbocycles. The first-order valence-electron chi connectivity index (χ1n) is 34.8. The lowest BCUT2D eigenvalue weighted by molar-refractivity contribution is 0.0842. The van der Waals surface area contributed by atoms with Gasteiger partial charge in [0.25, 0.3) is 0 Å². The van der Waals surface area contributed by atoms with Crippen molar-refractivity contribution in [3.05, 3.63) is 224 Å². The van der Waals surface area contributed by atoms with Crippen LogP contribution in [0.2, 0.25) is 41.4 Å². The number of alkyl halides is 4. The molecule has 4 unspecified atom stereocenters. The average molecular weight is 1570 g/mol. The Morgan fingerprint density at radius 1 is 0.382 bits per heavy atom. The summed E-state index contributed by atoms with van der Waals surface area (Å²) in [5.74, 6) is 0.140. The van der Waals surface area contributed by atoms with Crippen molar-refractivity contribution in [2.75, 3.05) is 53.1 Å². The number of benzene rings is 4. The molecule has 0 spiro atoms. The summed E-state index contributed by atoms with van der Waals surface area (Å²) in [5.41, 5.74) is 7.52. The minimum Gasteiger partial charge on any atom is -0.491 e. The second kappa shape index (κ2) is 39.8. The Kier molecular flexibility index (Phi) is 31.1. The molecule has 0 aliphatic heterocycles. The van der Waals surface area contributed by atoms with Crippen LogP contribution in [0.5, 0.6) is 23.0 Å². The molecule has 0 saturated carbocycles. The first-order chi connectivity index (χ1) is 52.2. The Bertz CT molecular complexity index is 4780. The van der Waals surface area contributed by atoms with Gasteiger partial charge in [-0.3, -0.25) is 0 Å². The van der Waals surface area contributed by atoms with Gasteiger partial charge < -0.3 is 48.1 Å². The molecule has 580 valence electrons. The largest absolute Gasteiger partial charge is 0.491 e. The lowest BCUT2D eigenvalue weighted by Gasteiger charge is -2.38. The number of ether oxygens (including phenoxy) is 4. The molecule has 0 aliphatic carbocycles. The molecule has 12 aromatic rings. The molecule has 0 saturated heterocycles. The normalized spacial score (nSPS) is 12.7. The summed E-state index contributed by atoms with van der Waals surface area (Å²) >= 11 is 5.88. The molecular weight excluding hydrogens is 1490 g/mol. The van der Waals surface area contributed by atoms with Gasteiger partial charge in [0.05, 0.1) is 39.1 Å². The van der Waals surface area contributed by atoms with Crippen molar-refractivity contribution in [3.8, 4) is 56.8 Å². The number of aliphatic hydroxyl groups excluding tert-OH is 2. The van der Waals surface area contributed by atoms with Crippen LogP contribution in [-0.4, -0.2) is 161 Å². The van der Waals surface area contributed by atoms with Gasteiger partial charge in [0.1, 0.15) is 106 Å². The summed E-state index contributed by atoms with van der Waals surface area (Å²) in [4.78, 5) is 32.0. The van der Waals surface area contributed by atoms with Crippen molar-refractivity contribution in [2.45, 2.75) is 102 Å². The van der Waals surface area contributed by atoms with Crippen LogP contribution < -0.4 is 24.4 Å². The first kappa shape index (κ1) is 85.9. The molecule has 0 aliphatic rings. The van der Waals surface area contributed by atoms with Crippen molar-refractivity contribution < 1.29 is 83.2 Å². The molecule has 0 radical (unpaired) electrons. The van der Waals surface area contributed by atoms with Crippen LogP contribution in [0.1, 0.15) is 41.5 Å². The van der Waals surface area contributed by atoms with Crippen LogP contribution in [0.15, 0.2) is 195 Å². The lowest BCUT2D eigenvalue weighted by atomic mass is 9.82. The number of hydrogen-bond donors (Lipinski definition) is 4. The number of hydrogen-bond acceptors (Lipinski definition) is 18. The number of aromatic nitrogens is 8. The van der Waals surface area contributed by atoms with E-state index in [1.54, 1.807) is 72.8 Å². The summed E-state index contributed by atoms with van der Waals surface area (Å²) < 4.78 is 137. The molecule has 8 heterocycles. The third kappa shape index (κ3) is 25.7. The fraction of sp³-hybridized carbons (Fsp3) is 0.300. The van der Waals surface area contributed by atoms with E-state index in [1.165, 1.54) is 42.9 Å². The van der Waals surface area contributed by atoms with Crippen LogP contribution in [-0.2, 0) is 8.85 Å². The zero-order valence-electron chi connectivity index (χ0n) is 62.2. The molecule has 4 N–H and O–H groups in total. The van der Waals surface area contributed by atoms with E-state index in [4.69, 9.17) is 59.7 Å². The minimum absolute atomic E-state index is 0.00673. The van der Waals surface area contributed by atoms with E-state index in [0.717, 1.165) is 72.6 Å². The van der Waals surface area contributed by atoms with Crippen molar-refractivity contribution in [1.29, 1.82) is 0 Å². The minimum atomic E-state index is -2.07. The summed E-state index contributed by atoms with van der Waals surface area (Å²) in [5, 5.41) is 39.4. The van der Waals surface area contributed by atoms with E-state index in [0.29, 0.717) is 45.2 Å². The summed E-state index contributed by atoms with van der Waals surface area (Å²) in [7, 11) is -5.67. The fourth-order valence-corrected chi connectivity index (χ4v) is 12.4. The highest BCUT2D eigenvalue weighted by Crippen LogP contribution is 2.39. The molecule has 110 heavy (non-hydrogen) atoms. The van der Waals surface area contributed by atoms with E-state index >= 15 is 0 Å². The molecular formula is C80H86BClF8N8O10Si2. The standard InChI is InChI=1S/C23H28F2N2O2Si.C18H25ClFNO2Si.2C17H14F2N2O2.C5H5BFNO2/c1-23(2,3)30(4,5)29-19(13-24)15-28-18-8-10-20-16(12-18)6-9-21(27-20)17-7-11-22(25)26-14-17;1-18(2,3)24(4,5)23-15(11-20)12-22-14-7-8-16-13(10-14)6-9-17(19)21-16;2*18-8-13(22)10-23-14-3-5-15-11(7-14)1-4-16(21-15)12-2-6-17(19)20-9-12;7-5-2-1-4(3-8-5)6(9)10/h6-12,14,19H,13,15H2,1-5H3;6-10,15H,11-12H2,1-5H3;2*1-7,9,13,22H,8,10H2;1-3,9-10H. The highest BCUT2D eigenvalue weighted by atomic mass is 35.5. The number of rotatable bonds is 24. The summed E-state index contributed by atoms with van der Waals surface area (Å²) in [6.45, 7) is 18.5. The predicted molar refractivity (Wildman–Crippen MR) is 418 cm³/mol. The maximum Gasteiger partial charge on any atom is 0.490 e. The van der Waals surface area contributed by atoms with Crippen LogP contribution in [0, 0.1) is 23.8 Å². The number of aliphatic hydroxyl groups is 2. The number of halogens is 9. The van der Waals surface area contributed by atoms with Crippen LogP contribution >= 0.6 is 11.6 Å². The van der Waals surface area contributed by atoms with E-state index in [9.17, 15) is 35.1 Å². The van der Waals surface area contributed by atoms with E-state index < -0.39 is 98.7 Å². The topological polar surface area (TPSA) is 239 Å². The van der Waals surface area contributed by atoms with Gasteiger partial charge in [0.15, 0.2) is 16.6 Å². The highest BCUT2D eigenvalue weighted by Gasteiger charge is 2.40. The molecule has 4 atom stereocenters. The van der Waals surface area contributed by atoms with E-state index in [-0.39, 0.29) is 42.0 Å². The van der Waals surface area contributed by atoms with Crippen molar-refractivity contribution in [3.63, 3.8) is 0 Å². The quantitative estimate of drug-likeness (QED) is 0.0250. The van der Waals surface area contributed by atoms with E-state index in [1.807, 2.05) is 66.7 Å². The van der Waals surface area contributed by atoms with Crippen molar-refractivity contribution in [2.24, 2.45) is 0 Å². The maximum absolute atomic E-state index is 13.5. The maximum atomic E-state index is 13.5. The molecule has 30 heteroatoms. The molecule has 18 nitrogen and oxygen atoms in total. The van der Waals surface area contributed by atoms with Gasteiger partial charge in [0.2, 0.25) is 23.8 Å². The zero-order chi connectivity index (χ0) is 79.9. The van der Waals surface area contributed by atoms with Gasteiger partial charge in [-0.2, -0.15) is 17.6 Å². The van der Waals surface area contributed by atoms with Crippen molar-refractivity contribution in [1.82, 2.24) is 39.9 Å². The second-order valence-corrected chi connectivity index (χ2v) is 38.1. The third-order valence-electron chi connectivity index (χ3n) is 17.7. The van der Waals surface area contributed by atoms with Crippen LogP contribution in [0.3, 0.4) is 0 Å².